The van der Waals surface area contributed by atoms with Crippen LogP contribution in [0.2, 0.25) is 5.02 Å². The zero-order valence-electron chi connectivity index (χ0n) is 22.7. The normalized spacial score (nSPS) is 11.5. The van der Waals surface area contributed by atoms with E-state index in [1.54, 1.807) is 6.20 Å². The van der Waals surface area contributed by atoms with Gasteiger partial charge in [-0.15, -0.1) is 0 Å². The molecule has 0 fully saturated rings. The summed E-state index contributed by atoms with van der Waals surface area (Å²) in [6, 6.07) is 29.6. The first-order valence-corrected chi connectivity index (χ1v) is 13.7. The number of hydrogen-bond acceptors (Lipinski definition) is 6. The molecule has 2 heterocycles. The summed E-state index contributed by atoms with van der Waals surface area (Å²) in [5.41, 5.74) is 4.18. The van der Waals surface area contributed by atoms with Crippen molar-refractivity contribution in [2.24, 2.45) is 0 Å². The zero-order chi connectivity index (χ0) is 29.0. The van der Waals surface area contributed by atoms with Gasteiger partial charge in [-0.1, -0.05) is 78.3 Å². The molecule has 0 saturated carbocycles. The Hall–Kier alpha value is -4.40. The van der Waals surface area contributed by atoms with Crippen LogP contribution >= 0.6 is 11.6 Å². The van der Waals surface area contributed by atoms with Crippen LogP contribution in [0.15, 0.2) is 106 Å². The third-order valence-electron chi connectivity index (χ3n) is 6.28. The Balaban J connectivity index is 0.000000208. The van der Waals surface area contributed by atoms with E-state index in [0.29, 0.717) is 16.3 Å². The van der Waals surface area contributed by atoms with Gasteiger partial charge in [0.1, 0.15) is 11.9 Å². The molecule has 41 heavy (non-hydrogen) atoms. The van der Waals surface area contributed by atoms with Gasteiger partial charge in [0.2, 0.25) is 0 Å². The highest BCUT2D eigenvalue weighted by Gasteiger charge is 2.17. The van der Waals surface area contributed by atoms with Gasteiger partial charge in [-0.25, -0.2) is 4.79 Å². The van der Waals surface area contributed by atoms with Crippen molar-refractivity contribution < 1.29 is 19.1 Å². The van der Waals surface area contributed by atoms with Crippen molar-refractivity contribution in [1.82, 2.24) is 14.9 Å². The Morgan fingerprint density at radius 1 is 1.02 bits per heavy atom. The first-order valence-electron chi connectivity index (χ1n) is 13.3. The van der Waals surface area contributed by atoms with Gasteiger partial charge in [-0.05, 0) is 49.2 Å². The topological polar surface area (TPSA) is 107 Å². The van der Waals surface area contributed by atoms with Gasteiger partial charge in [0.25, 0.3) is 0 Å². The molecule has 1 unspecified atom stereocenters. The van der Waals surface area contributed by atoms with Gasteiger partial charge >= 0.3 is 11.7 Å². The van der Waals surface area contributed by atoms with Crippen LogP contribution in [0.3, 0.4) is 0 Å². The van der Waals surface area contributed by atoms with Crippen molar-refractivity contribution >= 4 is 28.7 Å². The summed E-state index contributed by atoms with van der Waals surface area (Å²) in [7, 11) is 0. The smallest absolute Gasteiger partial charge is 0.419 e. The number of hydrogen-bond donors (Lipinski definition) is 2. The number of oxazole rings is 1. The van der Waals surface area contributed by atoms with Gasteiger partial charge in [-0.2, -0.15) is 0 Å². The van der Waals surface area contributed by atoms with Gasteiger partial charge in [0, 0.05) is 25.4 Å². The lowest BCUT2D eigenvalue weighted by Gasteiger charge is -2.15. The summed E-state index contributed by atoms with van der Waals surface area (Å²) >= 11 is 6.26. The molecular weight excluding hydrogens is 542 g/mol. The Morgan fingerprint density at radius 3 is 2.37 bits per heavy atom. The summed E-state index contributed by atoms with van der Waals surface area (Å²) in [6.45, 7) is 3.81. The number of ether oxygens (including phenoxy) is 1. The quantitative estimate of drug-likeness (QED) is 0.179. The minimum absolute atomic E-state index is 0.00202. The summed E-state index contributed by atoms with van der Waals surface area (Å²) in [6.07, 6.45) is 2.22. The van der Waals surface area contributed by atoms with E-state index in [1.807, 2.05) is 31.2 Å². The Morgan fingerprint density at radius 2 is 1.71 bits per heavy atom. The number of aryl methyl sites for hydroxylation is 1. The van der Waals surface area contributed by atoms with E-state index < -0.39 is 11.7 Å². The number of carboxylic acid groups (broad SMARTS) is 1. The molecule has 0 spiro atoms. The zero-order valence-corrected chi connectivity index (χ0v) is 23.5. The standard InChI is InChI=1S/C17H15ClN2O5.C15H17N/c1-10(12-4-2-3-6-19-12)24-14-9-15-13(8-11(14)18)20(17(23)25-15)7-5-16(21)22;1-3-7-14(8-4-1)11-12-16-13-15-9-5-2-6-10-15/h2-4,6,8-10H,5,7H2,1H3,(H,21,22);1-10,16H,11-13H2. The number of fused-ring (bicyclic) bond motifs is 1. The van der Waals surface area contributed by atoms with Crippen LogP contribution < -0.4 is 15.8 Å². The van der Waals surface area contributed by atoms with Crippen LogP contribution in [0.25, 0.3) is 11.1 Å². The maximum atomic E-state index is 11.9. The highest BCUT2D eigenvalue weighted by Crippen LogP contribution is 2.32. The molecule has 0 aliphatic heterocycles. The lowest BCUT2D eigenvalue weighted by atomic mass is 10.1. The van der Waals surface area contributed by atoms with Crippen LogP contribution in [-0.2, 0) is 24.3 Å². The first-order chi connectivity index (χ1) is 19.9. The third kappa shape index (κ3) is 8.79. The first kappa shape index (κ1) is 29.6. The fourth-order valence-electron chi connectivity index (χ4n) is 4.15. The van der Waals surface area contributed by atoms with Crippen molar-refractivity contribution in [3.63, 3.8) is 0 Å². The predicted molar refractivity (Wildman–Crippen MR) is 159 cm³/mol. The van der Waals surface area contributed by atoms with Crippen molar-refractivity contribution in [1.29, 1.82) is 0 Å². The van der Waals surface area contributed by atoms with E-state index in [9.17, 15) is 9.59 Å². The molecule has 212 valence electrons. The van der Waals surface area contributed by atoms with E-state index in [4.69, 9.17) is 25.9 Å². The van der Waals surface area contributed by atoms with Crippen molar-refractivity contribution in [2.45, 2.75) is 39.0 Å². The Labute approximate surface area is 243 Å². The number of aliphatic carboxylic acids is 1. The fourth-order valence-corrected chi connectivity index (χ4v) is 4.35. The highest BCUT2D eigenvalue weighted by molar-refractivity contribution is 6.32. The van der Waals surface area contributed by atoms with Gasteiger partial charge in [0.05, 0.1) is 22.7 Å². The number of nitrogens with zero attached hydrogens (tertiary/aromatic N) is 2. The van der Waals surface area contributed by atoms with Crippen LogP contribution in [0, 0.1) is 0 Å². The predicted octanol–water partition coefficient (Wildman–Crippen LogP) is 6.28. The molecule has 9 heteroatoms. The molecule has 8 nitrogen and oxygen atoms in total. The molecule has 5 aromatic rings. The van der Waals surface area contributed by atoms with E-state index in [-0.39, 0.29) is 24.7 Å². The van der Waals surface area contributed by atoms with E-state index in [2.05, 4.69) is 64.9 Å². The SMILES string of the molecule is CC(Oc1cc2oc(=O)n(CCC(=O)O)c2cc1Cl)c1ccccn1.c1ccc(CCNCc2ccccc2)cc1. The third-order valence-corrected chi connectivity index (χ3v) is 6.58. The molecule has 0 radical (unpaired) electrons. The average molecular weight is 574 g/mol. The molecule has 5 rings (SSSR count). The largest absolute Gasteiger partial charge is 0.483 e. The molecule has 0 aliphatic carbocycles. The van der Waals surface area contributed by atoms with E-state index in [0.717, 1.165) is 25.2 Å². The molecule has 1 atom stereocenters. The minimum Gasteiger partial charge on any atom is -0.483 e. The number of rotatable bonds is 11. The number of nitrogens with one attached hydrogen (secondary N) is 1. The van der Waals surface area contributed by atoms with Crippen molar-refractivity contribution in [3.05, 3.63) is 130 Å². The minimum atomic E-state index is -1.00. The Kier molecular flexibility index (Phi) is 10.7. The van der Waals surface area contributed by atoms with E-state index >= 15 is 0 Å². The fraction of sp³-hybridized carbons (Fsp3) is 0.219. The van der Waals surface area contributed by atoms with Crippen molar-refractivity contribution in [3.8, 4) is 5.75 Å². The molecule has 2 N–H and O–H groups in total. The van der Waals surface area contributed by atoms with E-state index in [1.165, 1.54) is 27.8 Å². The molecule has 3 aromatic carbocycles. The summed E-state index contributed by atoms with van der Waals surface area (Å²) in [5, 5.41) is 12.5. The second-order valence-electron chi connectivity index (χ2n) is 9.33. The summed E-state index contributed by atoms with van der Waals surface area (Å²) < 4.78 is 12.2. The lowest BCUT2D eigenvalue weighted by Crippen LogP contribution is -2.16. The van der Waals surface area contributed by atoms with Gasteiger partial charge in [-0.3, -0.25) is 14.3 Å². The summed E-state index contributed by atoms with van der Waals surface area (Å²) in [4.78, 5) is 26.9. The molecule has 0 amide bonds. The number of halogens is 1. The number of carbonyl (C=O) groups is 1. The maximum absolute atomic E-state index is 11.9. The van der Waals surface area contributed by atoms with Gasteiger partial charge in [0.15, 0.2) is 5.58 Å². The number of benzene rings is 3. The van der Waals surface area contributed by atoms with Crippen LogP contribution in [0.5, 0.6) is 5.75 Å². The number of pyridine rings is 1. The molecule has 0 aliphatic rings. The second kappa shape index (κ2) is 14.8. The Bertz CT molecular complexity index is 1550. The van der Waals surface area contributed by atoms with Gasteiger partial charge < -0.3 is 19.6 Å². The second-order valence-corrected chi connectivity index (χ2v) is 9.73. The molecule has 0 saturated heterocycles. The van der Waals surface area contributed by atoms with Crippen LogP contribution in [0.1, 0.15) is 36.3 Å². The maximum Gasteiger partial charge on any atom is 0.419 e. The molecule has 0 bridgehead atoms. The summed E-state index contributed by atoms with van der Waals surface area (Å²) in [5.74, 6) is -1.29. The van der Waals surface area contributed by atoms with Crippen LogP contribution in [0.4, 0.5) is 0 Å². The van der Waals surface area contributed by atoms with Crippen LogP contribution in [-0.4, -0.2) is 27.2 Å². The highest BCUT2D eigenvalue weighted by atomic mass is 35.5. The monoisotopic (exact) mass is 573 g/mol. The average Bonchev–Trinajstić information content (AvgIpc) is 3.29. The molecular formula is C32H32ClN3O5. The van der Waals surface area contributed by atoms with Crippen molar-refractivity contribution in [2.75, 3.05) is 6.54 Å². The number of carboxylic acids is 1. The lowest BCUT2D eigenvalue weighted by molar-refractivity contribution is -0.137. The number of aromatic nitrogens is 2. The molecule has 2 aromatic heterocycles.